The van der Waals surface area contributed by atoms with Crippen molar-refractivity contribution in [3.8, 4) is 5.75 Å². The van der Waals surface area contributed by atoms with Crippen molar-refractivity contribution >= 4 is 43.4 Å². The molecule has 128 valence electrons. The van der Waals surface area contributed by atoms with Crippen LogP contribution >= 0.6 is 31.9 Å². The number of hydrogen-bond acceptors (Lipinski definition) is 4. The molecule has 1 N–H and O–H groups in total. The number of alkyl halides is 1. The fourth-order valence-electron chi connectivity index (χ4n) is 2.62. The van der Waals surface area contributed by atoms with Crippen LogP contribution in [0.5, 0.6) is 5.75 Å². The number of fused-ring (bicyclic) bond motifs is 1. The van der Waals surface area contributed by atoms with E-state index in [1.165, 1.54) is 16.5 Å². The van der Waals surface area contributed by atoms with Crippen LogP contribution in [0.15, 0.2) is 33.5 Å². The maximum absolute atomic E-state index is 14.7. The van der Waals surface area contributed by atoms with Crippen LogP contribution in [0.3, 0.4) is 0 Å². The number of nitrogens with zero attached hydrogens (tertiary/aromatic N) is 3. The summed E-state index contributed by atoms with van der Waals surface area (Å²) in [6, 6.07) is 2.83. The van der Waals surface area contributed by atoms with E-state index in [-0.39, 0.29) is 41.3 Å². The Labute approximate surface area is 157 Å². The van der Waals surface area contributed by atoms with E-state index in [0.717, 1.165) is 12.4 Å². The third-order valence-electron chi connectivity index (χ3n) is 4.06. The molecule has 4 rings (SSSR count). The van der Waals surface area contributed by atoms with Crippen molar-refractivity contribution in [2.24, 2.45) is 0 Å². The van der Waals surface area contributed by atoms with Crippen molar-refractivity contribution in [3.05, 3.63) is 56.2 Å². The second-order valence-corrected chi connectivity index (χ2v) is 7.54. The van der Waals surface area contributed by atoms with Gasteiger partial charge in [0.2, 0.25) is 11.6 Å². The third-order valence-corrected chi connectivity index (χ3v) is 5.26. The first-order chi connectivity index (χ1) is 11.8. The monoisotopic (exact) mass is 471 g/mol. The molecule has 1 aliphatic rings. The second kappa shape index (κ2) is 5.57. The molecule has 0 saturated heterocycles. The predicted molar refractivity (Wildman–Crippen MR) is 91.9 cm³/mol. The topological polar surface area (TPSA) is 67.5 Å². The maximum atomic E-state index is 14.7. The van der Waals surface area contributed by atoms with Gasteiger partial charge in [0.15, 0.2) is 11.5 Å². The zero-order valence-electron chi connectivity index (χ0n) is 12.4. The molecule has 0 aliphatic heterocycles. The van der Waals surface area contributed by atoms with Gasteiger partial charge in [0.25, 0.3) is 0 Å². The van der Waals surface area contributed by atoms with Gasteiger partial charge < -0.3 is 5.11 Å². The van der Waals surface area contributed by atoms with Crippen LogP contribution in [0.4, 0.5) is 8.78 Å². The quantitative estimate of drug-likeness (QED) is 0.577. The number of aromatic nitrogens is 3. The van der Waals surface area contributed by atoms with Crippen LogP contribution in [-0.2, 0) is 5.67 Å². The highest BCUT2D eigenvalue weighted by Gasteiger charge is 2.50. The van der Waals surface area contributed by atoms with Gasteiger partial charge in [-0.15, -0.1) is 0 Å². The number of imidazole rings is 1. The fraction of sp³-hybridized carbons (Fsp3) is 0.188. The average molecular weight is 473 g/mol. The average Bonchev–Trinajstić information content (AvgIpc) is 3.20. The Kier molecular flexibility index (Phi) is 3.69. The van der Waals surface area contributed by atoms with Gasteiger partial charge in [-0.25, -0.2) is 18.7 Å². The number of phenols is 1. The van der Waals surface area contributed by atoms with Crippen molar-refractivity contribution in [1.29, 1.82) is 0 Å². The van der Waals surface area contributed by atoms with Crippen molar-refractivity contribution in [3.63, 3.8) is 0 Å². The summed E-state index contributed by atoms with van der Waals surface area (Å²) in [6.45, 7) is 0. The number of aromatic hydroxyl groups is 1. The van der Waals surface area contributed by atoms with E-state index >= 15 is 0 Å². The molecule has 0 atom stereocenters. The van der Waals surface area contributed by atoms with Gasteiger partial charge in [0, 0.05) is 5.56 Å². The molecule has 1 aromatic carbocycles. The molecule has 0 bridgehead atoms. The van der Waals surface area contributed by atoms with Gasteiger partial charge in [-0.2, -0.15) is 0 Å². The van der Waals surface area contributed by atoms with Crippen LogP contribution in [0.25, 0.3) is 5.78 Å². The number of phenolic OH excluding ortho intramolecular Hbond substituents is 1. The Morgan fingerprint density at radius 3 is 2.52 bits per heavy atom. The highest BCUT2D eigenvalue weighted by Crippen LogP contribution is 2.50. The summed E-state index contributed by atoms with van der Waals surface area (Å²) in [4.78, 5) is 21.0. The Bertz CT molecular complexity index is 1020. The van der Waals surface area contributed by atoms with E-state index in [9.17, 15) is 18.7 Å². The van der Waals surface area contributed by atoms with E-state index in [4.69, 9.17) is 0 Å². The minimum atomic E-state index is -1.69. The summed E-state index contributed by atoms with van der Waals surface area (Å²) < 4.78 is 30.1. The minimum absolute atomic E-state index is 0.0316. The van der Waals surface area contributed by atoms with Gasteiger partial charge in [-0.3, -0.25) is 9.20 Å². The number of benzene rings is 1. The number of carbonyl (C=O) groups is 1. The first-order valence-corrected chi connectivity index (χ1v) is 8.84. The van der Waals surface area contributed by atoms with Gasteiger partial charge in [0.05, 0.1) is 21.3 Å². The number of hydrogen-bond donors (Lipinski definition) is 1. The molecule has 2 aromatic heterocycles. The van der Waals surface area contributed by atoms with Crippen molar-refractivity contribution in [2.45, 2.75) is 18.5 Å². The largest absolute Gasteiger partial charge is 0.506 e. The van der Waals surface area contributed by atoms with E-state index < -0.39 is 17.3 Å². The minimum Gasteiger partial charge on any atom is -0.506 e. The predicted octanol–water partition coefficient (Wildman–Crippen LogP) is 4.29. The lowest BCUT2D eigenvalue weighted by Gasteiger charge is -2.08. The van der Waals surface area contributed by atoms with Crippen LogP contribution in [0.2, 0.25) is 0 Å². The summed E-state index contributed by atoms with van der Waals surface area (Å²) >= 11 is 6.32. The molecule has 5 nitrogen and oxygen atoms in total. The molecule has 3 aromatic rings. The highest BCUT2D eigenvalue weighted by atomic mass is 79.9. The Balaban J connectivity index is 1.96. The first kappa shape index (κ1) is 16.6. The first-order valence-electron chi connectivity index (χ1n) is 7.26. The lowest BCUT2D eigenvalue weighted by Crippen LogP contribution is -2.12. The molecule has 1 saturated carbocycles. The van der Waals surface area contributed by atoms with E-state index in [1.54, 1.807) is 0 Å². The molecule has 25 heavy (non-hydrogen) atoms. The molecular formula is C16H9Br2F2N3O2. The number of carbonyl (C=O) groups excluding carboxylic acids is 1. The van der Waals surface area contributed by atoms with E-state index in [0.29, 0.717) is 8.95 Å². The fourth-order valence-corrected chi connectivity index (χ4v) is 3.81. The molecule has 0 spiro atoms. The van der Waals surface area contributed by atoms with Crippen LogP contribution in [-0.4, -0.2) is 25.3 Å². The summed E-state index contributed by atoms with van der Waals surface area (Å²) in [5.74, 6) is -1.21. The molecule has 0 unspecified atom stereocenters. The van der Waals surface area contributed by atoms with Crippen LogP contribution in [0, 0.1) is 5.82 Å². The molecule has 1 aliphatic carbocycles. The lowest BCUT2D eigenvalue weighted by molar-refractivity contribution is 0.102. The number of halogens is 4. The summed E-state index contributed by atoms with van der Waals surface area (Å²) in [7, 11) is 0. The van der Waals surface area contributed by atoms with E-state index in [2.05, 4.69) is 41.8 Å². The summed E-state index contributed by atoms with van der Waals surface area (Å²) in [5, 5.41) is 9.80. The number of rotatable bonds is 3. The second-order valence-electron chi connectivity index (χ2n) is 5.83. The van der Waals surface area contributed by atoms with Gasteiger partial charge in [-0.05, 0) is 56.8 Å². The highest BCUT2D eigenvalue weighted by molar-refractivity contribution is 9.11. The summed E-state index contributed by atoms with van der Waals surface area (Å²) in [6.07, 6.45) is 2.53. The van der Waals surface area contributed by atoms with Crippen molar-refractivity contribution < 1.29 is 18.7 Å². The number of ketones is 1. The third kappa shape index (κ3) is 2.65. The molecular weight excluding hydrogens is 464 g/mol. The van der Waals surface area contributed by atoms with Crippen molar-refractivity contribution in [2.75, 3.05) is 0 Å². The molecule has 2 heterocycles. The standard InChI is InChI=1S/C16H9Br2F2N3O2/c17-9-3-7(4-10(18)13(9)25)12(24)11-14(16(20)1-2-16)22-15-21-5-8(19)6-23(11)15/h3-6,25H,1-2H2. The Hall–Kier alpha value is -1.87. The van der Waals surface area contributed by atoms with Crippen LogP contribution in [0.1, 0.15) is 34.6 Å². The zero-order valence-corrected chi connectivity index (χ0v) is 15.6. The molecule has 0 radical (unpaired) electrons. The van der Waals surface area contributed by atoms with Crippen molar-refractivity contribution in [1.82, 2.24) is 14.4 Å². The normalized spacial score (nSPS) is 15.5. The summed E-state index contributed by atoms with van der Waals surface area (Å²) in [5.41, 5.74) is -1.60. The molecule has 9 heteroatoms. The van der Waals surface area contributed by atoms with Gasteiger partial charge in [0.1, 0.15) is 17.1 Å². The van der Waals surface area contributed by atoms with Gasteiger partial charge >= 0.3 is 0 Å². The van der Waals surface area contributed by atoms with Gasteiger partial charge in [-0.1, -0.05) is 0 Å². The molecule has 0 amide bonds. The Morgan fingerprint density at radius 1 is 1.28 bits per heavy atom. The van der Waals surface area contributed by atoms with E-state index in [1.807, 2.05) is 0 Å². The zero-order chi connectivity index (χ0) is 17.9. The van der Waals surface area contributed by atoms with Crippen LogP contribution < -0.4 is 0 Å². The SMILES string of the molecule is O=C(c1cc(Br)c(O)c(Br)c1)c1c(C2(F)CC2)nc2ncc(F)cn12. The lowest BCUT2D eigenvalue weighted by atomic mass is 10.0. The Morgan fingerprint density at radius 2 is 1.92 bits per heavy atom. The molecule has 1 fully saturated rings. The maximum Gasteiger partial charge on any atom is 0.234 e. The smallest absolute Gasteiger partial charge is 0.234 e.